The Bertz CT molecular complexity index is 359. The molecule has 0 aliphatic heterocycles. The SMILES string of the molecule is Cc1cccc(NCC2(CO)CC2)c1N. The number of anilines is 2. The van der Waals surface area contributed by atoms with Crippen LogP contribution < -0.4 is 11.1 Å². The van der Waals surface area contributed by atoms with Crippen molar-refractivity contribution in [1.29, 1.82) is 0 Å². The molecule has 0 radical (unpaired) electrons. The van der Waals surface area contributed by atoms with E-state index in [-0.39, 0.29) is 12.0 Å². The van der Waals surface area contributed by atoms with Gasteiger partial charge in [0.05, 0.1) is 18.0 Å². The molecule has 0 unspecified atom stereocenters. The van der Waals surface area contributed by atoms with E-state index in [1.807, 2.05) is 25.1 Å². The van der Waals surface area contributed by atoms with Gasteiger partial charge in [0.1, 0.15) is 0 Å². The van der Waals surface area contributed by atoms with Crippen LogP contribution in [0.5, 0.6) is 0 Å². The molecule has 3 nitrogen and oxygen atoms in total. The second-order valence-corrected chi connectivity index (χ2v) is 4.55. The summed E-state index contributed by atoms with van der Waals surface area (Å²) in [6.07, 6.45) is 2.23. The summed E-state index contributed by atoms with van der Waals surface area (Å²) in [6, 6.07) is 5.97. The molecule has 0 aromatic heterocycles. The summed E-state index contributed by atoms with van der Waals surface area (Å²) in [4.78, 5) is 0. The summed E-state index contributed by atoms with van der Waals surface area (Å²) in [6.45, 7) is 3.09. The second kappa shape index (κ2) is 3.74. The van der Waals surface area contributed by atoms with E-state index in [0.717, 1.165) is 36.3 Å². The number of hydrogen-bond acceptors (Lipinski definition) is 3. The lowest BCUT2D eigenvalue weighted by Gasteiger charge is -2.16. The fraction of sp³-hybridized carbons (Fsp3) is 0.500. The maximum Gasteiger partial charge on any atom is 0.0579 e. The van der Waals surface area contributed by atoms with Crippen LogP contribution in [0.3, 0.4) is 0 Å². The lowest BCUT2D eigenvalue weighted by molar-refractivity contribution is 0.220. The zero-order chi connectivity index (χ0) is 10.9. The van der Waals surface area contributed by atoms with Gasteiger partial charge in [0, 0.05) is 12.0 Å². The summed E-state index contributed by atoms with van der Waals surface area (Å²) in [5, 5.41) is 12.5. The minimum absolute atomic E-state index is 0.121. The molecule has 4 N–H and O–H groups in total. The first-order chi connectivity index (χ1) is 7.17. The molecule has 0 atom stereocenters. The van der Waals surface area contributed by atoms with Gasteiger partial charge in [-0.05, 0) is 31.4 Å². The Morgan fingerprint density at radius 3 is 2.80 bits per heavy atom. The number of aryl methyl sites for hydroxylation is 1. The number of aliphatic hydroxyl groups is 1. The van der Waals surface area contributed by atoms with E-state index in [2.05, 4.69) is 5.32 Å². The number of hydrogen-bond donors (Lipinski definition) is 3. The van der Waals surface area contributed by atoms with Gasteiger partial charge in [0.15, 0.2) is 0 Å². The molecule has 0 saturated heterocycles. The van der Waals surface area contributed by atoms with E-state index in [4.69, 9.17) is 5.73 Å². The average molecular weight is 206 g/mol. The van der Waals surface area contributed by atoms with Crippen molar-refractivity contribution in [3.63, 3.8) is 0 Å². The van der Waals surface area contributed by atoms with Crippen molar-refractivity contribution < 1.29 is 5.11 Å². The molecule has 1 aliphatic rings. The second-order valence-electron chi connectivity index (χ2n) is 4.55. The third kappa shape index (κ3) is 2.07. The van der Waals surface area contributed by atoms with Gasteiger partial charge >= 0.3 is 0 Å². The van der Waals surface area contributed by atoms with Crippen molar-refractivity contribution >= 4 is 11.4 Å². The molecule has 0 amide bonds. The third-order valence-corrected chi connectivity index (χ3v) is 3.27. The molecule has 2 rings (SSSR count). The highest BCUT2D eigenvalue weighted by molar-refractivity contribution is 5.69. The van der Waals surface area contributed by atoms with Crippen molar-refractivity contribution in [2.75, 3.05) is 24.2 Å². The Hall–Kier alpha value is -1.22. The Morgan fingerprint density at radius 1 is 1.47 bits per heavy atom. The largest absolute Gasteiger partial charge is 0.397 e. The zero-order valence-corrected chi connectivity index (χ0v) is 9.09. The molecule has 82 valence electrons. The molecular weight excluding hydrogens is 188 g/mol. The van der Waals surface area contributed by atoms with Crippen LogP contribution in [-0.4, -0.2) is 18.3 Å². The Balaban J connectivity index is 2.02. The minimum Gasteiger partial charge on any atom is -0.397 e. The normalized spacial score (nSPS) is 17.5. The number of nitrogens with two attached hydrogens (primary N) is 1. The molecule has 1 fully saturated rings. The summed E-state index contributed by atoms with van der Waals surface area (Å²) in [5.41, 5.74) is 8.95. The van der Waals surface area contributed by atoms with Crippen LogP contribution in [0.4, 0.5) is 11.4 Å². The van der Waals surface area contributed by atoms with E-state index in [9.17, 15) is 5.11 Å². The zero-order valence-electron chi connectivity index (χ0n) is 9.09. The fourth-order valence-corrected chi connectivity index (χ4v) is 1.69. The van der Waals surface area contributed by atoms with Gasteiger partial charge < -0.3 is 16.2 Å². The van der Waals surface area contributed by atoms with Crippen LogP contribution in [-0.2, 0) is 0 Å². The molecule has 1 aromatic rings. The van der Waals surface area contributed by atoms with Crippen LogP contribution in [0.15, 0.2) is 18.2 Å². The maximum atomic E-state index is 9.19. The van der Waals surface area contributed by atoms with Crippen molar-refractivity contribution in [3.05, 3.63) is 23.8 Å². The standard InChI is InChI=1S/C12H18N2O/c1-9-3-2-4-10(11(9)13)14-7-12(8-15)5-6-12/h2-4,14-15H,5-8,13H2,1H3. The molecule has 0 spiro atoms. The summed E-state index contributed by atoms with van der Waals surface area (Å²) in [5.74, 6) is 0. The molecule has 3 heteroatoms. The quantitative estimate of drug-likeness (QED) is 0.658. The smallest absolute Gasteiger partial charge is 0.0579 e. The minimum atomic E-state index is 0.121. The third-order valence-electron chi connectivity index (χ3n) is 3.27. The molecule has 1 aliphatic carbocycles. The molecular formula is C12H18N2O. The van der Waals surface area contributed by atoms with E-state index in [1.165, 1.54) is 0 Å². The van der Waals surface area contributed by atoms with E-state index >= 15 is 0 Å². The van der Waals surface area contributed by atoms with Crippen LogP contribution in [0.2, 0.25) is 0 Å². The van der Waals surface area contributed by atoms with Crippen molar-refractivity contribution in [2.24, 2.45) is 5.41 Å². The number of para-hydroxylation sites is 1. The van der Waals surface area contributed by atoms with Crippen molar-refractivity contribution in [1.82, 2.24) is 0 Å². The summed E-state index contributed by atoms with van der Waals surface area (Å²) < 4.78 is 0. The number of nitrogens with one attached hydrogen (secondary N) is 1. The first kappa shape index (κ1) is 10.3. The van der Waals surface area contributed by atoms with Gasteiger partial charge in [0.25, 0.3) is 0 Å². The number of rotatable bonds is 4. The first-order valence-electron chi connectivity index (χ1n) is 5.37. The van der Waals surface area contributed by atoms with Gasteiger partial charge in [-0.3, -0.25) is 0 Å². The number of aliphatic hydroxyl groups excluding tert-OH is 1. The topological polar surface area (TPSA) is 58.3 Å². The summed E-state index contributed by atoms with van der Waals surface area (Å²) in [7, 11) is 0. The van der Waals surface area contributed by atoms with E-state index < -0.39 is 0 Å². The average Bonchev–Trinajstić information content (AvgIpc) is 3.01. The molecule has 1 aromatic carbocycles. The Morgan fingerprint density at radius 2 is 2.20 bits per heavy atom. The molecule has 15 heavy (non-hydrogen) atoms. The lowest BCUT2D eigenvalue weighted by Crippen LogP contribution is -2.19. The molecule has 0 heterocycles. The highest BCUT2D eigenvalue weighted by Crippen LogP contribution is 2.45. The van der Waals surface area contributed by atoms with Crippen LogP contribution in [0, 0.1) is 12.3 Å². The molecule has 0 bridgehead atoms. The molecule has 1 saturated carbocycles. The summed E-state index contributed by atoms with van der Waals surface area (Å²) >= 11 is 0. The van der Waals surface area contributed by atoms with Gasteiger partial charge in [-0.1, -0.05) is 12.1 Å². The van der Waals surface area contributed by atoms with E-state index in [1.54, 1.807) is 0 Å². The van der Waals surface area contributed by atoms with Gasteiger partial charge in [0.2, 0.25) is 0 Å². The lowest BCUT2D eigenvalue weighted by atomic mass is 10.1. The number of benzene rings is 1. The van der Waals surface area contributed by atoms with Crippen molar-refractivity contribution in [3.8, 4) is 0 Å². The van der Waals surface area contributed by atoms with Crippen LogP contribution in [0.25, 0.3) is 0 Å². The van der Waals surface area contributed by atoms with Gasteiger partial charge in [-0.15, -0.1) is 0 Å². The number of nitrogen functional groups attached to an aromatic ring is 1. The Kier molecular flexibility index (Phi) is 2.57. The maximum absolute atomic E-state index is 9.19. The predicted molar refractivity (Wildman–Crippen MR) is 62.8 cm³/mol. The highest BCUT2D eigenvalue weighted by atomic mass is 16.3. The monoisotopic (exact) mass is 206 g/mol. The Labute approximate surface area is 90.3 Å². The fourth-order valence-electron chi connectivity index (χ4n) is 1.69. The van der Waals surface area contributed by atoms with Crippen molar-refractivity contribution in [2.45, 2.75) is 19.8 Å². The predicted octanol–water partition coefficient (Wildman–Crippen LogP) is 1.76. The highest BCUT2D eigenvalue weighted by Gasteiger charge is 2.41. The van der Waals surface area contributed by atoms with Crippen LogP contribution in [0.1, 0.15) is 18.4 Å². The van der Waals surface area contributed by atoms with E-state index in [0.29, 0.717) is 0 Å². The first-order valence-corrected chi connectivity index (χ1v) is 5.37. The van der Waals surface area contributed by atoms with Gasteiger partial charge in [-0.25, -0.2) is 0 Å². The van der Waals surface area contributed by atoms with Crippen LogP contribution >= 0.6 is 0 Å². The van der Waals surface area contributed by atoms with Gasteiger partial charge in [-0.2, -0.15) is 0 Å².